The molecular formula is C17H26N2. The quantitative estimate of drug-likeness (QED) is 0.899. The van der Waals surface area contributed by atoms with E-state index in [1.165, 1.54) is 56.3 Å². The van der Waals surface area contributed by atoms with E-state index in [1.807, 2.05) is 0 Å². The van der Waals surface area contributed by atoms with Crippen LogP contribution in [0, 0.1) is 5.41 Å². The van der Waals surface area contributed by atoms with Gasteiger partial charge in [0, 0.05) is 19.6 Å². The molecular weight excluding hydrogens is 232 g/mol. The molecule has 19 heavy (non-hydrogen) atoms. The Labute approximate surface area is 117 Å². The molecule has 0 bridgehead atoms. The fourth-order valence-corrected chi connectivity index (χ4v) is 3.87. The standard InChI is InChI=1S/C17H26N2/c18-11-8-15-4-6-16(7-5-15)12-19-13-17(14-19)9-2-1-3-10-17/h4-7H,1-3,8-14,18H2. The summed E-state index contributed by atoms with van der Waals surface area (Å²) in [5.74, 6) is 0. The summed E-state index contributed by atoms with van der Waals surface area (Å²) in [6, 6.07) is 9.02. The third kappa shape index (κ3) is 3.01. The van der Waals surface area contributed by atoms with Crippen molar-refractivity contribution in [3.05, 3.63) is 35.4 Å². The van der Waals surface area contributed by atoms with Gasteiger partial charge in [-0.1, -0.05) is 43.5 Å². The van der Waals surface area contributed by atoms with Gasteiger partial charge in [0.15, 0.2) is 0 Å². The molecule has 2 aliphatic rings. The van der Waals surface area contributed by atoms with Crippen molar-refractivity contribution in [1.29, 1.82) is 0 Å². The summed E-state index contributed by atoms with van der Waals surface area (Å²) in [5.41, 5.74) is 9.10. The summed E-state index contributed by atoms with van der Waals surface area (Å²) in [4.78, 5) is 2.61. The van der Waals surface area contributed by atoms with E-state index < -0.39 is 0 Å². The fraction of sp³-hybridized carbons (Fsp3) is 0.647. The molecule has 2 nitrogen and oxygen atoms in total. The van der Waals surface area contributed by atoms with Gasteiger partial charge in [0.2, 0.25) is 0 Å². The van der Waals surface area contributed by atoms with Gasteiger partial charge < -0.3 is 5.73 Å². The van der Waals surface area contributed by atoms with Crippen LogP contribution >= 0.6 is 0 Å². The predicted molar refractivity (Wildman–Crippen MR) is 80.0 cm³/mol. The molecule has 0 unspecified atom stereocenters. The van der Waals surface area contributed by atoms with Crippen molar-refractivity contribution in [2.45, 2.75) is 45.1 Å². The Morgan fingerprint density at radius 2 is 1.58 bits per heavy atom. The van der Waals surface area contributed by atoms with Gasteiger partial charge in [-0.25, -0.2) is 0 Å². The minimum Gasteiger partial charge on any atom is -0.330 e. The second-order valence-electron chi connectivity index (χ2n) is 6.56. The third-order valence-electron chi connectivity index (χ3n) is 4.89. The van der Waals surface area contributed by atoms with Gasteiger partial charge in [-0.05, 0) is 42.3 Å². The van der Waals surface area contributed by atoms with Gasteiger partial charge in [-0.15, -0.1) is 0 Å². The molecule has 0 aromatic heterocycles. The van der Waals surface area contributed by atoms with E-state index in [0.29, 0.717) is 5.41 Å². The maximum Gasteiger partial charge on any atom is 0.0234 e. The number of hydrogen-bond donors (Lipinski definition) is 1. The summed E-state index contributed by atoms with van der Waals surface area (Å²) in [5, 5.41) is 0. The first-order valence-electron chi connectivity index (χ1n) is 7.80. The van der Waals surface area contributed by atoms with E-state index in [0.717, 1.165) is 19.5 Å². The van der Waals surface area contributed by atoms with Gasteiger partial charge in [0.1, 0.15) is 0 Å². The number of rotatable bonds is 4. The molecule has 1 heterocycles. The number of nitrogens with zero attached hydrogens (tertiary/aromatic N) is 1. The minimum absolute atomic E-state index is 0.706. The Hall–Kier alpha value is -0.860. The normalized spacial score (nSPS) is 22.4. The molecule has 1 aromatic rings. The van der Waals surface area contributed by atoms with E-state index >= 15 is 0 Å². The van der Waals surface area contributed by atoms with Crippen molar-refractivity contribution in [1.82, 2.24) is 4.90 Å². The maximum absolute atomic E-state index is 5.58. The molecule has 1 aliphatic carbocycles. The van der Waals surface area contributed by atoms with Gasteiger partial charge in [0.05, 0.1) is 0 Å². The van der Waals surface area contributed by atoms with Crippen LogP contribution in [-0.2, 0) is 13.0 Å². The fourth-order valence-electron chi connectivity index (χ4n) is 3.87. The highest BCUT2D eigenvalue weighted by Gasteiger charge is 2.42. The summed E-state index contributed by atoms with van der Waals surface area (Å²) >= 11 is 0. The van der Waals surface area contributed by atoms with Gasteiger partial charge in [-0.2, -0.15) is 0 Å². The van der Waals surface area contributed by atoms with Crippen LogP contribution in [0.4, 0.5) is 0 Å². The maximum atomic E-state index is 5.58. The van der Waals surface area contributed by atoms with E-state index in [2.05, 4.69) is 29.2 Å². The predicted octanol–water partition coefficient (Wildman–Crippen LogP) is 2.95. The van der Waals surface area contributed by atoms with E-state index in [1.54, 1.807) is 0 Å². The molecule has 104 valence electrons. The highest BCUT2D eigenvalue weighted by Crippen LogP contribution is 2.44. The summed E-state index contributed by atoms with van der Waals surface area (Å²) in [6.07, 6.45) is 8.32. The van der Waals surface area contributed by atoms with Crippen molar-refractivity contribution in [3.63, 3.8) is 0 Å². The molecule has 1 saturated heterocycles. The Morgan fingerprint density at radius 3 is 2.21 bits per heavy atom. The lowest BCUT2D eigenvalue weighted by Gasteiger charge is -2.52. The van der Waals surface area contributed by atoms with Crippen LogP contribution < -0.4 is 5.73 Å². The van der Waals surface area contributed by atoms with Gasteiger partial charge in [-0.3, -0.25) is 4.90 Å². The molecule has 2 fully saturated rings. The Balaban J connectivity index is 1.50. The van der Waals surface area contributed by atoms with Crippen LogP contribution in [-0.4, -0.2) is 24.5 Å². The molecule has 1 spiro atoms. The lowest BCUT2D eigenvalue weighted by atomic mass is 9.68. The van der Waals surface area contributed by atoms with Crippen LogP contribution in [0.25, 0.3) is 0 Å². The molecule has 3 rings (SSSR count). The highest BCUT2D eigenvalue weighted by atomic mass is 15.2. The number of hydrogen-bond acceptors (Lipinski definition) is 2. The van der Waals surface area contributed by atoms with Crippen LogP contribution in [0.2, 0.25) is 0 Å². The average molecular weight is 258 g/mol. The average Bonchev–Trinajstić information content (AvgIpc) is 2.41. The van der Waals surface area contributed by atoms with Crippen molar-refractivity contribution >= 4 is 0 Å². The topological polar surface area (TPSA) is 29.3 Å². The molecule has 0 radical (unpaired) electrons. The van der Waals surface area contributed by atoms with Gasteiger partial charge >= 0.3 is 0 Å². The lowest BCUT2D eigenvalue weighted by molar-refractivity contribution is -0.0332. The SMILES string of the molecule is NCCc1ccc(CN2CC3(CCCCC3)C2)cc1. The minimum atomic E-state index is 0.706. The zero-order valence-electron chi connectivity index (χ0n) is 11.9. The number of nitrogens with two attached hydrogens (primary N) is 1. The molecule has 1 saturated carbocycles. The molecule has 1 aromatic carbocycles. The molecule has 0 atom stereocenters. The Morgan fingerprint density at radius 1 is 0.947 bits per heavy atom. The van der Waals surface area contributed by atoms with E-state index in [9.17, 15) is 0 Å². The monoisotopic (exact) mass is 258 g/mol. The summed E-state index contributed by atoms with van der Waals surface area (Å²) < 4.78 is 0. The highest BCUT2D eigenvalue weighted by molar-refractivity contribution is 5.23. The summed E-state index contributed by atoms with van der Waals surface area (Å²) in [6.45, 7) is 4.54. The first-order chi connectivity index (χ1) is 9.30. The summed E-state index contributed by atoms with van der Waals surface area (Å²) in [7, 11) is 0. The van der Waals surface area contributed by atoms with Crippen molar-refractivity contribution < 1.29 is 0 Å². The van der Waals surface area contributed by atoms with Crippen LogP contribution in [0.3, 0.4) is 0 Å². The van der Waals surface area contributed by atoms with Crippen molar-refractivity contribution in [2.24, 2.45) is 11.1 Å². The first kappa shape index (κ1) is 13.1. The number of likely N-dealkylation sites (tertiary alicyclic amines) is 1. The van der Waals surface area contributed by atoms with Crippen LogP contribution in [0.5, 0.6) is 0 Å². The molecule has 0 amide bonds. The zero-order valence-corrected chi connectivity index (χ0v) is 11.9. The number of benzene rings is 1. The first-order valence-corrected chi connectivity index (χ1v) is 7.80. The van der Waals surface area contributed by atoms with E-state index in [4.69, 9.17) is 5.73 Å². The van der Waals surface area contributed by atoms with Crippen LogP contribution in [0.15, 0.2) is 24.3 Å². The van der Waals surface area contributed by atoms with Crippen LogP contribution in [0.1, 0.15) is 43.2 Å². The smallest absolute Gasteiger partial charge is 0.0234 e. The third-order valence-corrected chi connectivity index (χ3v) is 4.89. The molecule has 2 N–H and O–H groups in total. The van der Waals surface area contributed by atoms with Crippen molar-refractivity contribution in [2.75, 3.05) is 19.6 Å². The molecule has 2 heteroatoms. The largest absolute Gasteiger partial charge is 0.330 e. The lowest BCUT2D eigenvalue weighted by Crippen LogP contribution is -2.56. The van der Waals surface area contributed by atoms with Gasteiger partial charge in [0.25, 0.3) is 0 Å². The Bertz CT molecular complexity index is 396. The Kier molecular flexibility index (Phi) is 3.90. The zero-order chi connectivity index (χ0) is 13.1. The second-order valence-corrected chi connectivity index (χ2v) is 6.56. The van der Waals surface area contributed by atoms with E-state index in [-0.39, 0.29) is 0 Å². The molecule has 1 aliphatic heterocycles. The van der Waals surface area contributed by atoms with Crippen molar-refractivity contribution in [3.8, 4) is 0 Å². The second kappa shape index (κ2) is 5.64.